The molecule has 15 heteroatoms. The molecule has 4 aromatic rings. The van der Waals surface area contributed by atoms with Gasteiger partial charge < -0.3 is 24.3 Å². The van der Waals surface area contributed by atoms with E-state index in [2.05, 4.69) is 78.0 Å². The van der Waals surface area contributed by atoms with Crippen molar-refractivity contribution in [2.45, 2.75) is 111 Å². The largest absolute Gasteiger partial charge is 0.465 e. The summed E-state index contributed by atoms with van der Waals surface area (Å²) < 4.78 is 13.7. The average molecular weight is 915 g/mol. The smallest absolute Gasteiger partial charge is 0.302 e. The number of carbonyl (C=O) groups excluding carboxylic acids is 5. The van der Waals surface area contributed by atoms with Gasteiger partial charge in [-0.25, -0.2) is 5.43 Å². The summed E-state index contributed by atoms with van der Waals surface area (Å²) >= 11 is 0. The first kappa shape index (κ1) is 48.7. The van der Waals surface area contributed by atoms with E-state index < -0.39 is 28.9 Å². The standard InChI is InChI=1S/C52H66N8O7/c1-10-44(62)57-25-21-52(30-57)50(65)59(32-54-52)46(33(3)4)48(63)56-42(49(64)60-24-13-12-23-55-60)27-36-16-14-17-37(26-36)38-19-20-43-40(28-38)41(29-51(7,8)31-67-35(6)61)47(58(43)11-2)39-18-15-22-53-45(39)34(5)66-9/h10,14-20,22,26,28,32-34,42,46,55H,1,11-13,21,23-25,27,29-31H2,2-9H3,(H,56,63)/t34-,42-,46-,52?/m0/s1. The van der Waals surface area contributed by atoms with Crippen LogP contribution in [0.1, 0.15) is 90.7 Å². The lowest BCUT2D eigenvalue weighted by atomic mass is 9.84. The molecule has 0 bridgehead atoms. The number of likely N-dealkylation sites (tertiary alicyclic amines) is 1. The van der Waals surface area contributed by atoms with Crippen molar-refractivity contribution < 1.29 is 33.4 Å². The number of aryl methyl sites for hydroxylation is 1. The Bertz CT molecular complexity index is 2560. The molecule has 0 radical (unpaired) electrons. The maximum Gasteiger partial charge on any atom is 0.302 e. The molecule has 3 aliphatic heterocycles. The number of hydrogen-bond donors (Lipinski definition) is 2. The highest BCUT2D eigenvalue weighted by Crippen LogP contribution is 2.42. The highest BCUT2D eigenvalue weighted by molar-refractivity contribution is 6.05. The third kappa shape index (κ3) is 10.2. The van der Waals surface area contributed by atoms with Crippen LogP contribution in [-0.2, 0) is 52.8 Å². The molecule has 4 atom stereocenters. The molecule has 7 rings (SSSR count). The molecule has 15 nitrogen and oxygen atoms in total. The van der Waals surface area contributed by atoms with Crippen LogP contribution in [0.5, 0.6) is 0 Å². The van der Waals surface area contributed by atoms with Crippen molar-refractivity contribution in [1.82, 2.24) is 35.1 Å². The molecular formula is C52H66N8O7. The van der Waals surface area contributed by atoms with Crippen molar-refractivity contribution in [3.63, 3.8) is 0 Å². The van der Waals surface area contributed by atoms with E-state index in [-0.39, 0.29) is 55.3 Å². The number of hydrogen-bond acceptors (Lipinski definition) is 10. The first-order chi connectivity index (χ1) is 32.0. The number of methoxy groups -OCH3 is 1. The highest BCUT2D eigenvalue weighted by Gasteiger charge is 2.53. The number of nitrogens with one attached hydrogen (secondary N) is 2. The number of nitrogens with zero attached hydrogens (tertiary/aromatic N) is 6. The Labute approximate surface area is 393 Å². The third-order valence-corrected chi connectivity index (χ3v) is 13.3. The maximum absolute atomic E-state index is 14.5. The summed E-state index contributed by atoms with van der Waals surface area (Å²) in [7, 11) is 1.68. The second-order valence-electron chi connectivity index (χ2n) is 19.2. The number of amides is 4. The van der Waals surface area contributed by atoms with Crippen molar-refractivity contribution in [1.29, 1.82) is 0 Å². The van der Waals surface area contributed by atoms with Gasteiger partial charge in [-0.3, -0.25) is 43.9 Å². The van der Waals surface area contributed by atoms with E-state index in [1.165, 1.54) is 24.2 Å². The number of esters is 1. The lowest BCUT2D eigenvalue weighted by Crippen LogP contribution is -2.60. The predicted octanol–water partition coefficient (Wildman–Crippen LogP) is 6.44. The molecular weight excluding hydrogens is 849 g/mol. The molecule has 356 valence electrons. The summed E-state index contributed by atoms with van der Waals surface area (Å²) in [5, 5.41) is 5.74. The van der Waals surface area contributed by atoms with Gasteiger partial charge in [0.1, 0.15) is 12.1 Å². The molecule has 2 saturated heterocycles. The molecule has 4 amide bonds. The molecule has 2 aromatic heterocycles. The minimum atomic E-state index is -1.16. The van der Waals surface area contributed by atoms with Crippen LogP contribution in [0, 0.1) is 11.3 Å². The van der Waals surface area contributed by atoms with Crippen LogP contribution in [0.3, 0.4) is 0 Å². The van der Waals surface area contributed by atoms with Gasteiger partial charge in [0.05, 0.1) is 37.0 Å². The minimum Gasteiger partial charge on any atom is -0.465 e. The number of rotatable bonds is 17. The molecule has 2 N–H and O–H groups in total. The summed E-state index contributed by atoms with van der Waals surface area (Å²) in [4.78, 5) is 79.8. The number of ether oxygens (including phenoxy) is 2. The van der Waals surface area contributed by atoms with Crippen molar-refractivity contribution in [3.8, 4) is 22.4 Å². The van der Waals surface area contributed by atoms with Crippen molar-refractivity contribution in [2.75, 3.05) is 39.9 Å². The lowest BCUT2D eigenvalue weighted by Gasteiger charge is -2.34. The Balaban J connectivity index is 1.23. The van der Waals surface area contributed by atoms with Crippen LogP contribution in [0.4, 0.5) is 0 Å². The Hall–Kier alpha value is -6.19. The Morgan fingerprint density at radius 3 is 2.49 bits per heavy atom. The first-order valence-electron chi connectivity index (χ1n) is 23.5. The van der Waals surface area contributed by atoms with E-state index in [1.54, 1.807) is 23.2 Å². The predicted molar refractivity (Wildman–Crippen MR) is 258 cm³/mol. The van der Waals surface area contributed by atoms with Gasteiger partial charge >= 0.3 is 5.97 Å². The number of aromatic nitrogens is 2. The van der Waals surface area contributed by atoms with Gasteiger partial charge in [0.25, 0.3) is 11.8 Å². The highest BCUT2D eigenvalue weighted by atomic mass is 16.5. The Morgan fingerprint density at radius 2 is 1.81 bits per heavy atom. The van der Waals surface area contributed by atoms with Crippen molar-refractivity contribution >= 4 is 46.8 Å². The van der Waals surface area contributed by atoms with Gasteiger partial charge in [0, 0.05) is 81.1 Å². The third-order valence-electron chi connectivity index (χ3n) is 13.3. The molecule has 0 saturated carbocycles. The van der Waals surface area contributed by atoms with Crippen molar-refractivity contribution in [3.05, 3.63) is 90.3 Å². The van der Waals surface area contributed by atoms with E-state index in [1.807, 2.05) is 45.0 Å². The fourth-order valence-corrected chi connectivity index (χ4v) is 9.79. The lowest BCUT2D eigenvalue weighted by molar-refractivity contribution is -0.144. The molecule has 0 aliphatic carbocycles. The monoisotopic (exact) mass is 915 g/mol. The molecule has 2 aromatic carbocycles. The van der Waals surface area contributed by atoms with Crippen LogP contribution in [-0.4, -0.2) is 118 Å². The molecule has 2 fully saturated rings. The van der Waals surface area contributed by atoms with Crippen LogP contribution >= 0.6 is 0 Å². The summed E-state index contributed by atoms with van der Waals surface area (Å²) in [6, 6.07) is 16.6. The summed E-state index contributed by atoms with van der Waals surface area (Å²) in [6.45, 7) is 19.6. The SMILES string of the molecule is C=CC(=O)N1CCC2(C1)N=CN([C@H](C(=O)N[C@@H](Cc1cccc(-c3ccc4c(c3)c(CC(C)(C)COC(C)=O)c(-c3cccnc3[C@H](C)OC)n4CC)c1)C(=O)N1CCCCN1)C(C)C)C2=O. The normalized spacial score (nSPS) is 18.8. The number of hydrazine groups is 1. The van der Waals surface area contributed by atoms with Gasteiger partial charge in [0.2, 0.25) is 11.8 Å². The van der Waals surface area contributed by atoms with Gasteiger partial charge in [-0.1, -0.05) is 64.6 Å². The Kier molecular flexibility index (Phi) is 14.8. The zero-order valence-electron chi connectivity index (χ0n) is 40.3. The van der Waals surface area contributed by atoms with Crippen molar-refractivity contribution in [2.24, 2.45) is 16.3 Å². The number of carbonyl (C=O) groups is 5. The van der Waals surface area contributed by atoms with Gasteiger partial charge in [-0.05, 0) is 91.6 Å². The van der Waals surface area contributed by atoms with Gasteiger partial charge in [-0.2, -0.15) is 0 Å². The van der Waals surface area contributed by atoms with Crippen LogP contribution in [0.2, 0.25) is 0 Å². The molecule has 67 heavy (non-hydrogen) atoms. The number of fused-ring (bicyclic) bond motifs is 1. The molecule has 1 spiro atoms. The second-order valence-corrected chi connectivity index (χ2v) is 19.2. The van der Waals surface area contributed by atoms with Crippen LogP contribution in [0.15, 0.2) is 78.4 Å². The van der Waals surface area contributed by atoms with E-state index in [4.69, 9.17) is 14.5 Å². The van der Waals surface area contributed by atoms with Gasteiger partial charge in [-0.15, -0.1) is 0 Å². The maximum atomic E-state index is 14.5. The van der Waals surface area contributed by atoms with Crippen LogP contribution < -0.4 is 10.7 Å². The van der Waals surface area contributed by atoms with Crippen LogP contribution in [0.25, 0.3) is 33.3 Å². The van der Waals surface area contributed by atoms with E-state index in [9.17, 15) is 24.0 Å². The molecule has 1 unspecified atom stereocenters. The topological polar surface area (TPSA) is 168 Å². The summed E-state index contributed by atoms with van der Waals surface area (Å²) in [6.07, 6.45) is 7.09. The Morgan fingerprint density at radius 1 is 1.03 bits per heavy atom. The zero-order chi connectivity index (χ0) is 48.2. The van der Waals surface area contributed by atoms with Gasteiger partial charge in [0.15, 0.2) is 5.54 Å². The minimum absolute atomic E-state index is 0.112. The molecule has 3 aliphatic rings. The zero-order valence-corrected chi connectivity index (χ0v) is 40.3. The van der Waals surface area contributed by atoms with E-state index in [0.717, 1.165) is 62.9 Å². The fourth-order valence-electron chi connectivity index (χ4n) is 9.79. The first-order valence-corrected chi connectivity index (χ1v) is 23.5. The number of benzene rings is 2. The number of aliphatic imine (C=N–C) groups is 1. The fraction of sp³-hybridized carbons (Fsp3) is 0.481. The average Bonchev–Trinajstić information content (AvgIpc) is 4.00. The second kappa shape index (κ2) is 20.4. The number of pyridine rings is 1. The quantitative estimate of drug-likeness (QED) is 0.0896. The molecule has 5 heterocycles. The summed E-state index contributed by atoms with van der Waals surface area (Å²) in [5.74, 6) is -1.98. The van der Waals surface area contributed by atoms with E-state index in [0.29, 0.717) is 39.0 Å². The van der Waals surface area contributed by atoms with E-state index >= 15 is 0 Å². The summed E-state index contributed by atoms with van der Waals surface area (Å²) in [5.41, 5.74) is 9.40.